The lowest BCUT2D eigenvalue weighted by Crippen LogP contribution is -2.40. The van der Waals surface area contributed by atoms with Crippen LogP contribution in [0.5, 0.6) is 0 Å². The van der Waals surface area contributed by atoms with Gasteiger partial charge in [0.15, 0.2) is 0 Å². The molecule has 0 bridgehead atoms. The highest BCUT2D eigenvalue weighted by Crippen LogP contribution is 2.13. The topological polar surface area (TPSA) is 58.2 Å². The first-order chi connectivity index (χ1) is 11.0. The molecule has 0 aliphatic heterocycles. The van der Waals surface area contributed by atoms with Crippen LogP contribution >= 0.6 is 15.9 Å². The van der Waals surface area contributed by atoms with Gasteiger partial charge in [0.2, 0.25) is 0 Å². The van der Waals surface area contributed by atoms with Crippen LogP contribution in [0.25, 0.3) is 6.08 Å². The van der Waals surface area contributed by atoms with Crippen molar-refractivity contribution in [3.8, 4) is 0 Å². The minimum atomic E-state index is -0.784. The van der Waals surface area contributed by atoms with Crippen LogP contribution in [0.2, 0.25) is 0 Å². The highest BCUT2D eigenvalue weighted by atomic mass is 79.9. The van der Waals surface area contributed by atoms with E-state index in [-0.39, 0.29) is 5.56 Å². The van der Waals surface area contributed by atoms with Crippen molar-refractivity contribution in [2.45, 2.75) is 0 Å². The molecule has 0 aromatic heterocycles. The molecule has 0 radical (unpaired) electrons. The van der Waals surface area contributed by atoms with E-state index in [1.54, 1.807) is 24.3 Å². The van der Waals surface area contributed by atoms with E-state index in [1.807, 2.05) is 0 Å². The van der Waals surface area contributed by atoms with Crippen molar-refractivity contribution in [3.63, 3.8) is 0 Å². The molecule has 0 atom stereocenters. The Morgan fingerprint density at radius 2 is 1.57 bits per heavy atom. The summed E-state index contributed by atoms with van der Waals surface area (Å²) in [7, 11) is 0. The molecule has 0 fully saturated rings. The average molecular weight is 381 g/mol. The number of nitrogens with one attached hydrogen (secondary N) is 2. The molecule has 4 nitrogen and oxygen atoms in total. The smallest absolute Gasteiger partial charge is 0.268 e. The number of hydrogen-bond donors (Lipinski definition) is 2. The number of hydrogen-bond acceptors (Lipinski definition) is 2. The molecule has 0 saturated carbocycles. The number of benzene rings is 2. The largest absolute Gasteiger partial charge is 0.269 e. The first kappa shape index (κ1) is 16.8. The summed E-state index contributed by atoms with van der Waals surface area (Å²) in [6.07, 6.45) is 1.91. The fourth-order valence-corrected chi connectivity index (χ4v) is 1.93. The van der Waals surface area contributed by atoms with Gasteiger partial charge in [0.05, 0.1) is 0 Å². The summed E-state index contributed by atoms with van der Waals surface area (Å²) in [4.78, 5) is 23.3. The molecule has 2 N–H and O–H groups in total. The van der Waals surface area contributed by atoms with Crippen molar-refractivity contribution in [1.82, 2.24) is 10.9 Å². The molecule has 118 valence electrons. The normalized spacial score (nSPS) is 10.6. The van der Waals surface area contributed by atoms with Gasteiger partial charge in [0, 0.05) is 21.7 Å². The van der Waals surface area contributed by atoms with Crippen molar-refractivity contribution in [2.75, 3.05) is 0 Å². The Kier molecular flexibility index (Phi) is 5.59. The van der Waals surface area contributed by atoms with Crippen LogP contribution in [0.3, 0.4) is 0 Å². The van der Waals surface area contributed by atoms with Crippen LogP contribution < -0.4 is 10.9 Å². The van der Waals surface area contributed by atoms with E-state index in [9.17, 15) is 18.4 Å². The van der Waals surface area contributed by atoms with E-state index in [2.05, 4.69) is 26.8 Å². The predicted octanol–water partition coefficient (Wildman–Crippen LogP) is 3.20. The van der Waals surface area contributed by atoms with Crippen LogP contribution in [0.4, 0.5) is 8.78 Å². The maximum absolute atomic E-state index is 13.4. The summed E-state index contributed by atoms with van der Waals surface area (Å²) >= 11 is 3.24. The van der Waals surface area contributed by atoms with E-state index in [0.717, 1.165) is 28.8 Å². The van der Waals surface area contributed by atoms with E-state index in [4.69, 9.17) is 0 Å². The average Bonchev–Trinajstić information content (AvgIpc) is 2.53. The Morgan fingerprint density at radius 1 is 0.957 bits per heavy atom. The third kappa shape index (κ3) is 4.72. The number of carbonyl (C=O) groups is 2. The Morgan fingerprint density at radius 3 is 2.17 bits per heavy atom. The molecule has 0 heterocycles. The lowest BCUT2D eigenvalue weighted by molar-refractivity contribution is -0.117. The SMILES string of the molecule is O=C(/C=C/c1c(F)cccc1F)NNC(=O)c1ccc(Br)cc1. The van der Waals surface area contributed by atoms with Gasteiger partial charge in [-0.25, -0.2) is 8.78 Å². The monoisotopic (exact) mass is 380 g/mol. The molecule has 0 spiro atoms. The maximum Gasteiger partial charge on any atom is 0.269 e. The van der Waals surface area contributed by atoms with Gasteiger partial charge in [0.25, 0.3) is 11.8 Å². The second-order valence-corrected chi connectivity index (χ2v) is 5.33. The van der Waals surface area contributed by atoms with Gasteiger partial charge in [-0.05, 0) is 42.5 Å². The predicted molar refractivity (Wildman–Crippen MR) is 85.1 cm³/mol. The molecular formula is C16H11BrF2N2O2. The highest BCUT2D eigenvalue weighted by molar-refractivity contribution is 9.10. The Bertz CT molecular complexity index is 741. The number of hydrazine groups is 1. The zero-order valence-corrected chi connectivity index (χ0v) is 13.2. The van der Waals surface area contributed by atoms with Gasteiger partial charge >= 0.3 is 0 Å². The summed E-state index contributed by atoms with van der Waals surface area (Å²) in [5.74, 6) is -2.81. The highest BCUT2D eigenvalue weighted by Gasteiger charge is 2.07. The van der Waals surface area contributed by atoms with Gasteiger partial charge in [-0.15, -0.1) is 0 Å². The summed E-state index contributed by atoms with van der Waals surface area (Å²) in [5, 5.41) is 0. The molecule has 2 aromatic rings. The zero-order chi connectivity index (χ0) is 16.8. The third-order valence-corrected chi connectivity index (χ3v) is 3.34. The van der Waals surface area contributed by atoms with Crippen LogP contribution in [-0.4, -0.2) is 11.8 Å². The van der Waals surface area contributed by atoms with Crippen molar-refractivity contribution in [3.05, 3.63) is 75.8 Å². The standard InChI is InChI=1S/C16H11BrF2N2O2/c17-11-6-4-10(5-7-11)16(23)21-20-15(22)9-8-12-13(18)2-1-3-14(12)19/h1-9H,(H,20,22)(H,21,23)/b9-8+. The van der Waals surface area contributed by atoms with Crippen molar-refractivity contribution in [1.29, 1.82) is 0 Å². The van der Waals surface area contributed by atoms with Crippen LogP contribution in [-0.2, 0) is 4.79 Å². The summed E-state index contributed by atoms with van der Waals surface area (Å²) in [6.45, 7) is 0. The van der Waals surface area contributed by atoms with Crippen LogP contribution in [0.15, 0.2) is 53.0 Å². The van der Waals surface area contributed by atoms with Gasteiger partial charge in [-0.3, -0.25) is 20.4 Å². The van der Waals surface area contributed by atoms with Crippen molar-refractivity contribution < 1.29 is 18.4 Å². The molecular weight excluding hydrogens is 370 g/mol. The van der Waals surface area contributed by atoms with Crippen LogP contribution in [0.1, 0.15) is 15.9 Å². The van der Waals surface area contributed by atoms with Crippen LogP contribution in [0, 0.1) is 11.6 Å². The van der Waals surface area contributed by atoms with E-state index < -0.39 is 23.4 Å². The van der Waals surface area contributed by atoms with E-state index in [0.29, 0.717) is 5.56 Å². The molecule has 23 heavy (non-hydrogen) atoms. The van der Waals surface area contributed by atoms with Gasteiger partial charge < -0.3 is 0 Å². The summed E-state index contributed by atoms with van der Waals surface area (Å²) < 4.78 is 27.6. The first-order valence-corrected chi connectivity index (χ1v) is 7.24. The van der Waals surface area contributed by atoms with Crippen molar-refractivity contribution in [2.24, 2.45) is 0 Å². The molecule has 2 rings (SSSR count). The van der Waals surface area contributed by atoms with Gasteiger partial charge in [0.1, 0.15) is 11.6 Å². The minimum absolute atomic E-state index is 0.332. The fraction of sp³-hybridized carbons (Fsp3) is 0. The quantitative estimate of drug-likeness (QED) is 0.634. The lowest BCUT2D eigenvalue weighted by Gasteiger charge is -2.05. The summed E-state index contributed by atoms with van der Waals surface area (Å²) in [6, 6.07) is 9.87. The fourth-order valence-electron chi connectivity index (χ4n) is 1.66. The molecule has 0 aliphatic rings. The van der Waals surface area contributed by atoms with Gasteiger partial charge in [-0.2, -0.15) is 0 Å². The van der Waals surface area contributed by atoms with E-state index in [1.165, 1.54) is 6.07 Å². The molecule has 7 heteroatoms. The number of halogens is 3. The molecule has 2 aromatic carbocycles. The first-order valence-electron chi connectivity index (χ1n) is 6.45. The second kappa shape index (κ2) is 7.64. The van der Waals surface area contributed by atoms with Crippen molar-refractivity contribution >= 4 is 33.8 Å². The molecule has 0 unspecified atom stereocenters. The zero-order valence-electron chi connectivity index (χ0n) is 11.6. The van der Waals surface area contributed by atoms with Gasteiger partial charge in [-0.1, -0.05) is 22.0 Å². The minimum Gasteiger partial charge on any atom is -0.268 e. The number of amides is 2. The Hall–Kier alpha value is -2.54. The Labute approximate surface area is 139 Å². The second-order valence-electron chi connectivity index (χ2n) is 4.42. The number of rotatable bonds is 3. The third-order valence-electron chi connectivity index (χ3n) is 2.81. The molecule has 0 aliphatic carbocycles. The molecule has 0 saturated heterocycles. The number of carbonyl (C=O) groups excluding carboxylic acids is 2. The maximum atomic E-state index is 13.4. The summed E-state index contributed by atoms with van der Waals surface area (Å²) in [5.41, 5.74) is 4.33. The Balaban J connectivity index is 1.93. The lowest BCUT2D eigenvalue weighted by atomic mass is 10.2. The molecule has 2 amide bonds. The van der Waals surface area contributed by atoms with E-state index >= 15 is 0 Å².